The number of benzene rings is 1. The minimum Gasteiger partial charge on any atom is -0.441 e. The molecule has 1 spiro atoms. The molecule has 1 aliphatic heterocycles. The van der Waals surface area contributed by atoms with Crippen molar-refractivity contribution in [2.24, 2.45) is 10.8 Å². The number of fused-ring (bicyclic) bond motifs is 1. The third kappa shape index (κ3) is 3.90. The molecule has 6 heteroatoms. The molecule has 1 saturated heterocycles. The number of amides is 1. The van der Waals surface area contributed by atoms with Crippen LogP contribution in [-0.4, -0.2) is 39.2 Å². The monoisotopic (exact) mass is 408 g/mol. The lowest BCUT2D eigenvalue weighted by Gasteiger charge is -2.45. The van der Waals surface area contributed by atoms with Crippen molar-refractivity contribution in [1.29, 1.82) is 5.26 Å². The molecule has 2 aromatic rings. The molecule has 2 fully saturated rings. The highest BCUT2D eigenvalue weighted by Crippen LogP contribution is 2.49. The summed E-state index contributed by atoms with van der Waals surface area (Å²) < 4.78 is 8.25. The van der Waals surface area contributed by atoms with Crippen molar-refractivity contribution in [2.75, 3.05) is 13.1 Å². The Bertz CT molecular complexity index is 999. The van der Waals surface area contributed by atoms with Gasteiger partial charge in [0.05, 0.1) is 35.5 Å². The first-order valence-electron chi connectivity index (χ1n) is 11.0. The molecule has 2 heterocycles. The molecule has 1 aliphatic carbocycles. The second-order valence-electron chi connectivity index (χ2n) is 10.5. The lowest BCUT2D eigenvalue weighted by atomic mass is 9.66. The molecule has 4 rings (SSSR count). The fraction of sp³-hybridized carbons (Fsp3) is 0.625. The molecule has 0 bridgehead atoms. The summed E-state index contributed by atoms with van der Waals surface area (Å²) in [6, 6.07) is 7.87. The number of hydrogen-bond donors (Lipinski definition) is 0. The maximum absolute atomic E-state index is 12.6. The first kappa shape index (κ1) is 20.7. The predicted octanol–water partition coefficient (Wildman–Crippen LogP) is 5.12. The number of carbonyl (C=O) groups excluding carboxylic acids is 1. The number of nitriles is 1. The Morgan fingerprint density at radius 3 is 2.80 bits per heavy atom. The second kappa shape index (κ2) is 7.30. The molecular formula is C24H32N4O2. The van der Waals surface area contributed by atoms with Crippen molar-refractivity contribution < 1.29 is 9.53 Å². The Hall–Kier alpha value is -2.55. The van der Waals surface area contributed by atoms with E-state index in [9.17, 15) is 10.1 Å². The first-order valence-corrected chi connectivity index (χ1v) is 11.0. The van der Waals surface area contributed by atoms with E-state index in [1.54, 1.807) is 0 Å². The van der Waals surface area contributed by atoms with E-state index in [1.807, 2.05) is 29.4 Å². The smallest absolute Gasteiger partial charge is 0.410 e. The van der Waals surface area contributed by atoms with Gasteiger partial charge >= 0.3 is 6.09 Å². The molecule has 30 heavy (non-hydrogen) atoms. The van der Waals surface area contributed by atoms with E-state index < -0.39 is 0 Å². The van der Waals surface area contributed by atoms with Crippen molar-refractivity contribution in [2.45, 2.75) is 71.9 Å². The van der Waals surface area contributed by atoms with Gasteiger partial charge in [0.2, 0.25) is 0 Å². The van der Waals surface area contributed by atoms with Crippen LogP contribution in [0.2, 0.25) is 0 Å². The highest BCUT2D eigenvalue weighted by atomic mass is 16.6. The summed E-state index contributed by atoms with van der Waals surface area (Å²) in [7, 11) is 0. The van der Waals surface area contributed by atoms with Gasteiger partial charge in [0.1, 0.15) is 5.60 Å². The molecule has 1 saturated carbocycles. The molecule has 2 atom stereocenters. The summed E-state index contributed by atoms with van der Waals surface area (Å²) in [4.78, 5) is 19.1. The van der Waals surface area contributed by atoms with Crippen LogP contribution in [0.4, 0.5) is 4.79 Å². The maximum atomic E-state index is 12.6. The molecule has 0 N–H and O–H groups in total. The fourth-order valence-corrected chi connectivity index (χ4v) is 5.42. The van der Waals surface area contributed by atoms with Gasteiger partial charge < -0.3 is 14.2 Å². The van der Waals surface area contributed by atoms with E-state index in [-0.39, 0.29) is 22.5 Å². The average Bonchev–Trinajstić information content (AvgIpc) is 3.20. The van der Waals surface area contributed by atoms with Crippen LogP contribution < -0.4 is 0 Å². The average molecular weight is 409 g/mol. The molecule has 2 aliphatic rings. The van der Waals surface area contributed by atoms with E-state index in [0.717, 1.165) is 56.2 Å². The Morgan fingerprint density at radius 1 is 1.30 bits per heavy atom. The molecule has 1 aromatic heterocycles. The number of aromatic nitrogens is 2. The third-order valence-electron chi connectivity index (χ3n) is 6.75. The molecular weight excluding hydrogens is 376 g/mol. The van der Waals surface area contributed by atoms with Crippen molar-refractivity contribution in [1.82, 2.24) is 14.5 Å². The molecule has 0 radical (unpaired) electrons. The molecule has 6 nitrogen and oxygen atoms in total. The highest BCUT2D eigenvalue weighted by molar-refractivity contribution is 5.77. The fourth-order valence-electron chi connectivity index (χ4n) is 5.42. The minimum atomic E-state index is -0.384. The summed E-state index contributed by atoms with van der Waals surface area (Å²) in [6.45, 7) is 10.9. The lowest BCUT2D eigenvalue weighted by molar-refractivity contribution is -0.0355. The zero-order valence-corrected chi connectivity index (χ0v) is 18.6. The van der Waals surface area contributed by atoms with E-state index in [2.05, 4.69) is 43.3 Å². The van der Waals surface area contributed by atoms with Crippen molar-refractivity contribution >= 4 is 17.1 Å². The number of ether oxygens (including phenoxy) is 1. The summed E-state index contributed by atoms with van der Waals surface area (Å²) in [6.07, 6.45) is 6.72. The maximum Gasteiger partial charge on any atom is 0.410 e. The molecule has 1 amide bonds. The Morgan fingerprint density at radius 2 is 2.10 bits per heavy atom. The van der Waals surface area contributed by atoms with Gasteiger partial charge in [-0.15, -0.1) is 0 Å². The van der Waals surface area contributed by atoms with Crippen LogP contribution in [0.1, 0.15) is 65.4 Å². The van der Waals surface area contributed by atoms with Crippen LogP contribution in [0.25, 0.3) is 11.0 Å². The summed E-state index contributed by atoms with van der Waals surface area (Å²) in [5, 5.41) is 9.28. The molecule has 1 aromatic carbocycles. The van der Waals surface area contributed by atoms with Gasteiger partial charge in [-0.1, -0.05) is 27.7 Å². The van der Waals surface area contributed by atoms with Gasteiger partial charge in [0, 0.05) is 13.1 Å². The third-order valence-corrected chi connectivity index (χ3v) is 6.75. The number of rotatable bonds is 4. The Labute approximate surface area is 178 Å². The zero-order chi connectivity index (χ0) is 21.6. The van der Waals surface area contributed by atoms with Gasteiger partial charge in [0.15, 0.2) is 0 Å². The van der Waals surface area contributed by atoms with Crippen LogP contribution in [0.15, 0.2) is 24.5 Å². The van der Waals surface area contributed by atoms with Crippen LogP contribution in [0.5, 0.6) is 0 Å². The Balaban J connectivity index is 1.59. The van der Waals surface area contributed by atoms with Gasteiger partial charge in [-0.2, -0.15) is 5.26 Å². The Kier molecular flexibility index (Phi) is 5.04. The minimum absolute atomic E-state index is 0.0482. The van der Waals surface area contributed by atoms with Crippen LogP contribution in [-0.2, 0) is 11.3 Å². The number of carbonyl (C=O) groups is 1. The SMILES string of the molecule is CC[C@]1(Cn2cnc3ccc(C#N)cc32)CCC[C@@]2(CN(CC(C)(C)C)C(=O)O2)C1. The van der Waals surface area contributed by atoms with Gasteiger partial charge in [-0.3, -0.25) is 0 Å². The van der Waals surface area contributed by atoms with E-state index in [4.69, 9.17) is 4.74 Å². The van der Waals surface area contributed by atoms with Crippen molar-refractivity contribution in [3.05, 3.63) is 30.1 Å². The van der Waals surface area contributed by atoms with Crippen LogP contribution in [0.3, 0.4) is 0 Å². The molecule has 0 unspecified atom stereocenters. The highest BCUT2D eigenvalue weighted by Gasteiger charge is 2.52. The van der Waals surface area contributed by atoms with Gasteiger partial charge in [-0.05, 0) is 61.1 Å². The van der Waals surface area contributed by atoms with Crippen molar-refractivity contribution in [3.8, 4) is 6.07 Å². The van der Waals surface area contributed by atoms with Gasteiger partial charge in [-0.25, -0.2) is 9.78 Å². The van der Waals surface area contributed by atoms with Crippen LogP contribution >= 0.6 is 0 Å². The number of imidazole rings is 1. The van der Waals surface area contributed by atoms with Gasteiger partial charge in [0.25, 0.3) is 0 Å². The second-order valence-corrected chi connectivity index (χ2v) is 10.5. The van der Waals surface area contributed by atoms with E-state index in [0.29, 0.717) is 12.1 Å². The predicted molar refractivity (Wildman–Crippen MR) is 116 cm³/mol. The normalized spacial score (nSPS) is 26.9. The summed E-state index contributed by atoms with van der Waals surface area (Å²) in [5.41, 5.74) is 2.28. The first-order chi connectivity index (χ1) is 14.2. The van der Waals surface area contributed by atoms with E-state index in [1.165, 1.54) is 0 Å². The number of hydrogen-bond acceptors (Lipinski definition) is 4. The van der Waals surface area contributed by atoms with Crippen LogP contribution in [0, 0.1) is 22.2 Å². The zero-order valence-electron chi connectivity index (χ0n) is 18.6. The largest absolute Gasteiger partial charge is 0.441 e. The van der Waals surface area contributed by atoms with Crippen molar-refractivity contribution in [3.63, 3.8) is 0 Å². The quantitative estimate of drug-likeness (QED) is 0.704. The lowest BCUT2D eigenvalue weighted by Crippen LogP contribution is -2.46. The summed E-state index contributed by atoms with van der Waals surface area (Å²) in [5.74, 6) is 0. The van der Waals surface area contributed by atoms with E-state index >= 15 is 0 Å². The topological polar surface area (TPSA) is 71.2 Å². The molecule has 160 valence electrons. The standard InChI is InChI=1S/C24H32N4O2/c1-5-23(15-28-17-26-19-8-7-18(12-25)11-20(19)28)9-6-10-24(13-23)16-27(21(29)30-24)14-22(2,3)4/h7-8,11,17H,5-6,9-10,13-16H2,1-4H3/t23-,24-/m0/s1. The number of nitrogens with zero attached hydrogens (tertiary/aromatic N) is 4. The summed E-state index contributed by atoms with van der Waals surface area (Å²) >= 11 is 0.